The number of rotatable bonds is 5. The van der Waals surface area contributed by atoms with E-state index in [2.05, 4.69) is 43.9 Å². The van der Waals surface area contributed by atoms with Crippen LogP contribution in [0.3, 0.4) is 0 Å². The molecule has 2 rings (SSSR count). The van der Waals surface area contributed by atoms with Crippen molar-refractivity contribution in [3.63, 3.8) is 0 Å². The van der Waals surface area contributed by atoms with Crippen LogP contribution in [0.1, 0.15) is 32.3 Å². The van der Waals surface area contributed by atoms with Crippen LogP contribution in [0.4, 0.5) is 5.69 Å². The molecule has 4 heteroatoms. The third-order valence-corrected chi connectivity index (χ3v) is 3.03. The zero-order chi connectivity index (χ0) is 15.5. The predicted molar refractivity (Wildman–Crippen MR) is 89.3 cm³/mol. The number of morpholine rings is 1. The standard InChI is InChI=1S/C14H22N2O2.C3H8/c1-12-9-13(16-4-7-17-8-5-16)11-14(10-12)18-6-2-3-15;1-3-2/h9-11H,2-8,15H2,1H3;3H2,1-2H3. The predicted octanol–water partition coefficient (Wildman–Crippen LogP) is 2.98. The Morgan fingerprint density at radius 3 is 2.48 bits per heavy atom. The van der Waals surface area contributed by atoms with E-state index < -0.39 is 0 Å². The van der Waals surface area contributed by atoms with Crippen LogP contribution in [0.15, 0.2) is 18.2 Å². The Bertz CT molecular complexity index is 390. The molecule has 1 heterocycles. The van der Waals surface area contributed by atoms with Crippen LogP contribution in [0.2, 0.25) is 0 Å². The van der Waals surface area contributed by atoms with Crippen LogP contribution in [0.5, 0.6) is 5.75 Å². The molecule has 0 amide bonds. The van der Waals surface area contributed by atoms with Crippen LogP contribution < -0.4 is 15.4 Å². The van der Waals surface area contributed by atoms with Gasteiger partial charge in [0.2, 0.25) is 0 Å². The monoisotopic (exact) mass is 294 g/mol. The number of nitrogens with two attached hydrogens (primary N) is 1. The van der Waals surface area contributed by atoms with Crippen molar-refractivity contribution in [1.29, 1.82) is 0 Å². The fourth-order valence-corrected chi connectivity index (χ4v) is 2.09. The van der Waals surface area contributed by atoms with Gasteiger partial charge in [0, 0.05) is 24.8 Å². The third-order valence-electron chi connectivity index (χ3n) is 3.03. The maximum absolute atomic E-state index is 5.72. The third kappa shape index (κ3) is 6.82. The van der Waals surface area contributed by atoms with Gasteiger partial charge < -0.3 is 20.1 Å². The average molecular weight is 294 g/mol. The van der Waals surface area contributed by atoms with E-state index in [1.165, 1.54) is 17.7 Å². The molecule has 0 unspecified atom stereocenters. The summed E-state index contributed by atoms with van der Waals surface area (Å²) in [5, 5.41) is 0. The van der Waals surface area contributed by atoms with Crippen LogP contribution in [-0.4, -0.2) is 39.5 Å². The molecule has 0 aliphatic carbocycles. The Morgan fingerprint density at radius 1 is 1.19 bits per heavy atom. The van der Waals surface area contributed by atoms with Gasteiger partial charge in [0.25, 0.3) is 0 Å². The largest absolute Gasteiger partial charge is 0.493 e. The zero-order valence-corrected chi connectivity index (χ0v) is 13.7. The molecular formula is C17H30N2O2. The molecule has 0 saturated carbocycles. The van der Waals surface area contributed by atoms with Crippen molar-refractivity contribution in [2.24, 2.45) is 5.73 Å². The van der Waals surface area contributed by atoms with Crippen molar-refractivity contribution in [3.05, 3.63) is 23.8 Å². The van der Waals surface area contributed by atoms with Gasteiger partial charge in [-0.2, -0.15) is 0 Å². The van der Waals surface area contributed by atoms with Gasteiger partial charge in [0.1, 0.15) is 5.75 Å². The van der Waals surface area contributed by atoms with Crippen molar-refractivity contribution >= 4 is 5.69 Å². The minimum atomic E-state index is 0.669. The van der Waals surface area contributed by atoms with Gasteiger partial charge in [-0.05, 0) is 37.6 Å². The zero-order valence-electron chi connectivity index (χ0n) is 13.7. The number of ether oxygens (including phenoxy) is 2. The smallest absolute Gasteiger partial charge is 0.121 e. The second-order valence-corrected chi connectivity index (χ2v) is 5.30. The average Bonchev–Trinajstić information content (AvgIpc) is 2.49. The minimum absolute atomic E-state index is 0.669. The van der Waals surface area contributed by atoms with E-state index in [0.717, 1.165) is 38.5 Å². The van der Waals surface area contributed by atoms with Gasteiger partial charge in [0.15, 0.2) is 0 Å². The van der Waals surface area contributed by atoms with E-state index >= 15 is 0 Å². The van der Waals surface area contributed by atoms with E-state index in [1.807, 2.05) is 0 Å². The molecule has 1 saturated heterocycles. The van der Waals surface area contributed by atoms with Gasteiger partial charge in [-0.1, -0.05) is 20.3 Å². The SMILES string of the molecule is CCC.Cc1cc(OCCCN)cc(N2CCOCC2)c1. The molecular weight excluding hydrogens is 264 g/mol. The first-order valence-corrected chi connectivity index (χ1v) is 7.98. The Hall–Kier alpha value is -1.26. The lowest BCUT2D eigenvalue weighted by Gasteiger charge is -2.29. The molecule has 1 aromatic carbocycles. The summed E-state index contributed by atoms with van der Waals surface area (Å²) in [4.78, 5) is 2.34. The number of benzene rings is 1. The fraction of sp³-hybridized carbons (Fsp3) is 0.647. The summed E-state index contributed by atoms with van der Waals surface area (Å²) >= 11 is 0. The van der Waals surface area contributed by atoms with E-state index in [9.17, 15) is 0 Å². The molecule has 21 heavy (non-hydrogen) atoms. The summed E-state index contributed by atoms with van der Waals surface area (Å²) in [6, 6.07) is 6.37. The highest BCUT2D eigenvalue weighted by Crippen LogP contribution is 2.24. The van der Waals surface area contributed by atoms with E-state index in [4.69, 9.17) is 15.2 Å². The topological polar surface area (TPSA) is 47.7 Å². The summed E-state index contributed by atoms with van der Waals surface area (Å²) in [5.74, 6) is 0.935. The van der Waals surface area contributed by atoms with Crippen molar-refractivity contribution in [3.8, 4) is 5.75 Å². The first kappa shape index (κ1) is 17.8. The van der Waals surface area contributed by atoms with E-state index in [0.29, 0.717) is 13.2 Å². The van der Waals surface area contributed by atoms with Gasteiger partial charge in [-0.25, -0.2) is 0 Å². The quantitative estimate of drug-likeness (QED) is 0.848. The van der Waals surface area contributed by atoms with Crippen LogP contribution in [0, 0.1) is 6.92 Å². The molecule has 2 N–H and O–H groups in total. The molecule has 0 aromatic heterocycles. The van der Waals surface area contributed by atoms with Gasteiger partial charge in [-0.3, -0.25) is 0 Å². The first-order valence-electron chi connectivity index (χ1n) is 7.98. The number of hydrogen-bond acceptors (Lipinski definition) is 4. The second-order valence-electron chi connectivity index (χ2n) is 5.30. The van der Waals surface area contributed by atoms with Gasteiger partial charge >= 0.3 is 0 Å². The fourth-order valence-electron chi connectivity index (χ4n) is 2.09. The number of anilines is 1. The maximum atomic E-state index is 5.72. The van der Waals surface area contributed by atoms with Crippen molar-refractivity contribution in [2.75, 3.05) is 44.4 Å². The van der Waals surface area contributed by atoms with Crippen LogP contribution >= 0.6 is 0 Å². The van der Waals surface area contributed by atoms with E-state index in [-0.39, 0.29) is 0 Å². The molecule has 0 atom stereocenters. The maximum Gasteiger partial charge on any atom is 0.121 e. The first-order chi connectivity index (χ1) is 10.2. The van der Waals surface area contributed by atoms with Crippen LogP contribution in [-0.2, 0) is 4.74 Å². The normalized spacial score (nSPS) is 14.4. The molecule has 4 nitrogen and oxygen atoms in total. The molecule has 120 valence electrons. The molecule has 0 radical (unpaired) electrons. The molecule has 0 spiro atoms. The molecule has 1 aromatic rings. The highest BCUT2D eigenvalue weighted by Gasteiger charge is 2.12. The van der Waals surface area contributed by atoms with Crippen molar-refractivity contribution < 1.29 is 9.47 Å². The highest BCUT2D eigenvalue weighted by molar-refractivity contribution is 5.53. The Morgan fingerprint density at radius 2 is 1.86 bits per heavy atom. The van der Waals surface area contributed by atoms with E-state index in [1.54, 1.807) is 0 Å². The Labute approximate surface area is 129 Å². The summed E-state index contributed by atoms with van der Waals surface area (Å²) in [5.41, 5.74) is 7.91. The van der Waals surface area contributed by atoms with Crippen LogP contribution in [0.25, 0.3) is 0 Å². The molecule has 1 fully saturated rings. The van der Waals surface area contributed by atoms with Gasteiger partial charge in [-0.15, -0.1) is 0 Å². The van der Waals surface area contributed by atoms with Crippen molar-refractivity contribution in [1.82, 2.24) is 0 Å². The summed E-state index contributed by atoms with van der Waals surface area (Å²) in [7, 11) is 0. The molecule has 1 aliphatic heterocycles. The second kappa shape index (κ2) is 10.5. The highest BCUT2D eigenvalue weighted by atomic mass is 16.5. The lowest BCUT2D eigenvalue weighted by Crippen LogP contribution is -2.36. The number of nitrogens with zero attached hydrogens (tertiary/aromatic N) is 1. The molecule has 1 aliphatic rings. The summed E-state index contributed by atoms with van der Waals surface area (Å²) < 4.78 is 11.1. The Kier molecular flexibility index (Phi) is 8.87. The summed E-state index contributed by atoms with van der Waals surface area (Å²) in [6.07, 6.45) is 2.14. The summed E-state index contributed by atoms with van der Waals surface area (Å²) in [6.45, 7) is 11.2. The Balaban J connectivity index is 0.000000677. The number of aryl methyl sites for hydroxylation is 1. The number of hydrogen-bond donors (Lipinski definition) is 1. The lowest BCUT2D eigenvalue weighted by atomic mass is 10.2. The van der Waals surface area contributed by atoms with Crippen molar-refractivity contribution in [2.45, 2.75) is 33.6 Å². The van der Waals surface area contributed by atoms with Gasteiger partial charge in [0.05, 0.1) is 19.8 Å². The molecule has 0 bridgehead atoms. The minimum Gasteiger partial charge on any atom is -0.493 e. The lowest BCUT2D eigenvalue weighted by molar-refractivity contribution is 0.122.